The van der Waals surface area contributed by atoms with Crippen LogP contribution in [0, 0.1) is 0 Å². The molecule has 0 N–H and O–H groups in total. The summed E-state index contributed by atoms with van der Waals surface area (Å²) in [5.74, 6) is 0.442. The van der Waals surface area contributed by atoms with Crippen molar-refractivity contribution >= 4 is 17.1 Å². The van der Waals surface area contributed by atoms with Crippen molar-refractivity contribution in [3.8, 4) is 0 Å². The number of rotatable bonds is 2. The summed E-state index contributed by atoms with van der Waals surface area (Å²) in [6, 6.07) is 0. The third-order valence-electron chi connectivity index (χ3n) is 1.82. The lowest BCUT2D eigenvalue weighted by Gasteiger charge is -2.12. The molecule has 3 nitrogen and oxygen atoms in total. The van der Waals surface area contributed by atoms with Crippen molar-refractivity contribution in [2.45, 2.75) is 12.8 Å². The number of carbonyl (C=O) groups excluding carboxylic acids is 1. The van der Waals surface area contributed by atoms with Crippen molar-refractivity contribution in [2.75, 3.05) is 6.61 Å². The molecular formula is C9H9NO2S. The summed E-state index contributed by atoms with van der Waals surface area (Å²) in [6.45, 7) is 0.649. The Morgan fingerprint density at radius 1 is 1.62 bits per heavy atom. The first-order chi connectivity index (χ1) is 6.38. The van der Waals surface area contributed by atoms with Crippen molar-refractivity contribution in [3.63, 3.8) is 0 Å². The Hall–Kier alpha value is -1.16. The molecule has 1 aliphatic heterocycles. The minimum absolute atomic E-state index is 0.0396. The molecule has 0 atom stereocenters. The summed E-state index contributed by atoms with van der Waals surface area (Å²) in [6.07, 6.45) is 5.36. The number of hydrogen-bond donors (Lipinski definition) is 0. The monoisotopic (exact) mass is 195 g/mol. The third-order valence-corrected chi connectivity index (χ3v) is 2.59. The maximum absolute atomic E-state index is 11.6. The third kappa shape index (κ3) is 1.78. The van der Waals surface area contributed by atoms with Crippen molar-refractivity contribution in [2.24, 2.45) is 0 Å². The van der Waals surface area contributed by atoms with E-state index in [2.05, 4.69) is 4.98 Å². The fraction of sp³-hybridized carbons (Fsp3) is 0.333. The molecule has 1 aromatic rings. The Kier molecular flexibility index (Phi) is 2.40. The van der Waals surface area contributed by atoms with Gasteiger partial charge in [-0.3, -0.25) is 9.78 Å². The first kappa shape index (κ1) is 8.44. The van der Waals surface area contributed by atoms with Gasteiger partial charge in [-0.15, -0.1) is 11.3 Å². The van der Waals surface area contributed by atoms with Crippen LogP contribution in [0.2, 0.25) is 0 Å². The summed E-state index contributed by atoms with van der Waals surface area (Å²) >= 11 is 1.34. The van der Waals surface area contributed by atoms with E-state index < -0.39 is 0 Å². The molecule has 1 aliphatic rings. The summed E-state index contributed by atoms with van der Waals surface area (Å²) in [5, 5.41) is 0. The highest BCUT2D eigenvalue weighted by atomic mass is 32.1. The lowest BCUT2D eigenvalue weighted by atomic mass is 10.2. The van der Waals surface area contributed by atoms with Crippen LogP contribution in [0.5, 0.6) is 0 Å². The summed E-state index contributed by atoms with van der Waals surface area (Å²) in [5.41, 5.74) is 1.65. The quantitative estimate of drug-likeness (QED) is 0.678. The van der Waals surface area contributed by atoms with Gasteiger partial charge in [-0.05, 0) is 18.9 Å². The van der Waals surface area contributed by atoms with Crippen molar-refractivity contribution in [1.29, 1.82) is 0 Å². The van der Waals surface area contributed by atoms with E-state index in [0.717, 1.165) is 12.8 Å². The van der Waals surface area contributed by atoms with Gasteiger partial charge in [-0.25, -0.2) is 0 Å². The van der Waals surface area contributed by atoms with Crippen LogP contribution in [0.3, 0.4) is 0 Å². The lowest BCUT2D eigenvalue weighted by molar-refractivity contribution is 0.0902. The van der Waals surface area contributed by atoms with Crippen LogP contribution >= 0.6 is 11.3 Å². The highest BCUT2D eigenvalue weighted by Gasteiger charge is 2.16. The predicted octanol–water partition coefficient (Wildman–Crippen LogP) is 2.02. The Bertz CT molecular complexity index is 329. The molecule has 0 bridgehead atoms. The molecule has 0 fully saturated rings. The number of nitrogens with zero attached hydrogens (tertiary/aromatic N) is 1. The number of thiazole rings is 1. The molecule has 0 radical (unpaired) electrons. The van der Waals surface area contributed by atoms with Crippen LogP contribution in [-0.4, -0.2) is 17.4 Å². The standard InChI is InChI=1S/C9H9NO2S/c11-9(8-5-10-6-13-8)7-3-1-2-4-12-7/h3,5-6H,1-2,4H2. The van der Waals surface area contributed by atoms with Crippen molar-refractivity contribution in [3.05, 3.63) is 28.4 Å². The highest BCUT2D eigenvalue weighted by molar-refractivity contribution is 7.11. The van der Waals surface area contributed by atoms with Gasteiger partial charge in [0.1, 0.15) is 0 Å². The van der Waals surface area contributed by atoms with Gasteiger partial charge in [0.15, 0.2) is 5.76 Å². The predicted molar refractivity (Wildman–Crippen MR) is 49.7 cm³/mol. The zero-order valence-corrected chi connectivity index (χ0v) is 7.84. The number of Topliss-reactive ketones (excluding diaryl/α,β-unsaturated/α-hetero) is 1. The van der Waals surface area contributed by atoms with E-state index in [1.54, 1.807) is 11.7 Å². The summed E-state index contributed by atoms with van der Waals surface area (Å²) in [4.78, 5) is 16.1. The van der Waals surface area contributed by atoms with Gasteiger partial charge in [0, 0.05) is 6.20 Å². The fourth-order valence-electron chi connectivity index (χ4n) is 1.17. The van der Waals surface area contributed by atoms with Crippen LogP contribution < -0.4 is 0 Å². The molecule has 13 heavy (non-hydrogen) atoms. The van der Waals surface area contributed by atoms with Gasteiger partial charge >= 0.3 is 0 Å². The average molecular weight is 195 g/mol. The van der Waals surface area contributed by atoms with Gasteiger partial charge in [0.05, 0.1) is 17.0 Å². The van der Waals surface area contributed by atoms with E-state index in [4.69, 9.17) is 4.74 Å². The van der Waals surface area contributed by atoms with E-state index in [9.17, 15) is 4.79 Å². The minimum atomic E-state index is -0.0396. The van der Waals surface area contributed by atoms with E-state index in [0.29, 0.717) is 17.2 Å². The zero-order valence-electron chi connectivity index (χ0n) is 7.03. The number of ether oxygens (including phenoxy) is 1. The molecule has 2 heterocycles. The second kappa shape index (κ2) is 3.70. The number of aromatic nitrogens is 1. The molecule has 2 rings (SSSR count). The molecule has 0 aliphatic carbocycles. The van der Waals surface area contributed by atoms with E-state index >= 15 is 0 Å². The van der Waals surface area contributed by atoms with E-state index in [1.807, 2.05) is 6.08 Å². The van der Waals surface area contributed by atoms with Crippen molar-refractivity contribution in [1.82, 2.24) is 4.98 Å². The molecule has 0 saturated heterocycles. The van der Waals surface area contributed by atoms with E-state index in [-0.39, 0.29) is 5.78 Å². The van der Waals surface area contributed by atoms with Gasteiger partial charge in [0.25, 0.3) is 0 Å². The van der Waals surface area contributed by atoms with Crippen molar-refractivity contribution < 1.29 is 9.53 Å². The minimum Gasteiger partial charge on any atom is -0.490 e. The van der Waals surface area contributed by atoms with Crippen LogP contribution in [0.1, 0.15) is 22.5 Å². The average Bonchev–Trinajstić information content (AvgIpc) is 2.71. The molecule has 0 amide bonds. The maximum Gasteiger partial charge on any atom is 0.238 e. The zero-order chi connectivity index (χ0) is 9.10. The van der Waals surface area contributed by atoms with Crippen LogP contribution in [0.4, 0.5) is 0 Å². The molecule has 0 unspecified atom stereocenters. The highest BCUT2D eigenvalue weighted by Crippen LogP contribution is 2.17. The number of carbonyl (C=O) groups is 1. The normalized spacial score (nSPS) is 16.2. The van der Waals surface area contributed by atoms with Gasteiger partial charge in [0.2, 0.25) is 5.78 Å². The lowest BCUT2D eigenvalue weighted by Crippen LogP contribution is -2.10. The molecule has 68 valence electrons. The molecular weight excluding hydrogens is 186 g/mol. The van der Waals surface area contributed by atoms with E-state index in [1.165, 1.54) is 11.3 Å². The fourth-order valence-corrected chi connectivity index (χ4v) is 1.73. The Balaban J connectivity index is 2.17. The Labute approximate surface area is 80.1 Å². The summed E-state index contributed by atoms with van der Waals surface area (Å²) in [7, 11) is 0. The molecule has 4 heteroatoms. The molecule has 0 aromatic carbocycles. The summed E-state index contributed by atoms with van der Waals surface area (Å²) < 4.78 is 5.25. The molecule has 0 saturated carbocycles. The first-order valence-electron chi connectivity index (χ1n) is 4.14. The van der Waals surface area contributed by atoms with Gasteiger partial charge in [-0.1, -0.05) is 0 Å². The van der Waals surface area contributed by atoms with Crippen LogP contribution in [0.25, 0.3) is 0 Å². The number of allylic oxidation sites excluding steroid dienone is 2. The number of hydrogen-bond acceptors (Lipinski definition) is 4. The second-order valence-corrected chi connectivity index (χ2v) is 3.64. The first-order valence-corrected chi connectivity index (χ1v) is 5.02. The Morgan fingerprint density at radius 2 is 2.54 bits per heavy atom. The Morgan fingerprint density at radius 3 is 3.15 bits per heavy atom. The molecule has 0 spiro atoms. The largest absolute Gasteiger partial charge is 0.490 e. The molecule has 1 aromatic heterocycles. The smallest absolute Gasteiger partial charge is 0.238 e. The van der Waals surface area contributed by atoms with Gasteiger partial charge < -0.3 is 4.74 Å². The topological polar surface area (TPSA) is 39.2 Å². The maximum atomic E-state index is 11.6. The van der Waals surface area contributed by atoms with Crippen LogP contribution in [-0.2, 0) is 4.74 Å². The van der Waals surface area contributed by atoms with Gasteiger partial charge in [-0.2, -0.15) is 0 Å². The SMILES string of the molecule is O=C(C1=CCCCO1)c1cncs1. The second-order valence-electron chi connectivity index (χ2n) is 2.75. The van der Waals surface area contributed by atoms with Crippen LogP contribution in [0.15, 0.2) is 23.5 Å². The number of ketones is 1.